The van der Waals surface area contributed by atoms with Gasteiger partial charge < -0.3 is 0 Å². The van der Waals surface area contributed by atoms with Crippen LogP contribution in [0.5, 0.6) is 0 Å². The third-order valence-electron chi connectivity index (χ3n) is 3.21. The third kappa shape index (κ3) is 2.38. The Morgan fingerprint density at radius 2 is 1.95 bits per heavy atom. The highest BCUT2D eigenvalue weighted by Gasteiger charge is 2.06. The average molecular weight is 251 g/mol. The predicted molar refractivity (Wildman–Crippen MR) is 73.1 cm³/mol. The maximum atomic E-state index is 10.7. The van der Waals surface area contributed by atoms with Gasteiger partial charge in [0.05, 0.1) is 5.52 Å². The molecule has 0 unspecified atom stereocenters. The molecule has 0 atom stereocenters. The molecule has 0 radical (unpaired) electrons. The van der Waals surface area contributed by atoms with Crippen LogP contribution in [0.3, 0.4) is 0 Å². The second-order valence-corrected chi connectivity index (χ2v) is 4.45. The molecule has 0 amide bonds. The molecule has 4 heteroatoms. The van der Waals surface area contributed by atoms with Crippen molar-refractivity contribution in [2.75, 3.05) is 0 Å². The zero-order valence-corrected chi connectivity index (χ0v) is 10.3. The van der Waals surface area contributed by atoms with E-state index in [0.717, 1.165) is 35.7 Å². The van der Waals surface area contributed by atoms with Crippen molar-refractivity contribution in [3.63, 3.8) is 0 Å². The van der Waals surface area contributed by atoms with E-state index in [9.17, 15) is 4.79 Å². The topological polar surface area (TPSA) is 58.6 Å². The van der Waals surface area contributed by atoms with Crippen LogP contribution in [0.4, 0.5) is 0 Å². The summed E-state index contributed by atoms with van der Waals surface area (Å²) in [5.74, 6) is 0. The standard InChI is InChI=1S/C15H13N3O/c19-10-12-1-3-13-14(17-18-15(13)9-12)4-2-11-5-7-16-8-6-11/h1,3,5-10H,2,4H2,(H,17,18). The maximum absolute atomic E-state index is 10.7. The first kappa shape index (κ1) is 11.6. The van der Waals surface area contributed by atoms with E-state index in [4.69, 9.17) is 0 Å². The van der Waals surface area contributed by atoms with Gasteiger partial charge in [-0.3, -0.25) is 14.9 Å². The minimum atomic E-state index is 0.652. The lowest BCUT2D eigenvalue weighted by Crippen LogP contribution is -1.92. The number of carbonyl (C=O) groups excluding carboxylic acids is 1. The van der Waals surface area contributed by atoms with Gasteiger partial charge in [-0.25, -0.2) is 0 Å². The number of fused-ring (bicyclic) bond motifs is 1. The molecule has 3 aromatic rings. The summed E-state index contributed by atoms with van der Waals surface area (Å²) in [5.41, 5.74) is 3.85. The number of benzene rings is 1. The number of hydrogen-bond donors (Lipinski definition) is 1. The fraction of sp³-hybridized carbons (Fsp3) is 0.133. The first-order valence-electron chi connectivity index (χ1n) is 6.18. The van der Waals surface area contributed by atoms with Crippen molar-refractivity contribution in [1.29, 1.82) is 0 Å². The summed E-state index contributed by atoms with van der Waals surface area (Å²) in [6.45, 7) is 0. The minimum absolute atomic E-state index is 0.652. The molecule has 0 spiro atoms. The summed E-state index contributed by atoms with van der Waals surface area (Å²) < 4.78 is 0. The lowest BCUT2D eigenvalue weighted by Gasteiger charge is -2.00. The molecule has 0 aliphatic rings. The van der Waals surface area contributed by atoms with Crippen LogP contribution in [0.25, 0.3) is 10.9 Å². The van der Waals surface area contributed by atoms with Crippen molar-refractivity contribution in [3.8, 4) is 0 Å². The molecule has 0 saturated carbocycles. The zero-order chi connectivity index (χ0) is 13.1. The smallest absolute Gasteiger partial charge is 0.150 e. The van der Waals surface area contributed by atoms with Gasteiger partial charge in [-0.1, -0.05) is 12.1 Å². The van der Waals surface area contributed by atoms with Crippen molar-refractivity contribution < 1.29 is 4.79 Å². The Bertz CT molecular complexity index is 704. The predicted octanol–water partition coefficient (Wildman–Crippen LogP) is 2.56. The van der Waals surface area contributed by atoms with Gasteiger partial charge in [0.15, 0.2) is 0 Å². The highest BCUT2D eigenvalue weighted by molar-refractivity contribution is 5.87. The van der Waals surface area contributed by atoms with Gasteiger partial charge >= 0.3 is 0 Å². The van der Waals surface area contributed by atoms with E-state index in [-0.39, 0.29) is 0 Å². The normalized spacial score (nSPS) is 10.7. The Labute approximate surface area is 110 Å². The first-order chi connectivity index (χ1) is 9.36. The Balaban J connectivity index is 1.83. The zero-order valence-electron chi connectivity index (χ0n) is 10.3. The lowest BCUT2D eigenvalue weighted by molar-refractivity contribution is 0.112. The van der Waals surface area contributed by atoms with Crippen molar-refractivity contribution in [3.05, 3.63) is 59.5 Å². The van der Waals surface area contributed by atoms with Crippen LogP contribution in [-0.2, 0) is 12.8 Å². The second kappa shape index (κ2) is 5.02. The van der Waals surface area contributed by atoms with Gasteiger partial charge in [0.25, 0.3) is 0 Å². The molecule has 19 heavy (non-hydrogen) atoms. The molecule has 0 bridgehead atoms. The summed E-state index contributed by atoms with van der Waals surface area (Å²) in [5, 5.41) is 8.38. The Morgan fingerprint density at radius 3 is 2.74 bits per heavy atom. The number of pyridine rings is 1. The number of aromatic amines is 1. The van der Waals surface area contributed by atoms with Crippen molar-refractivity contribution in [2.24, 2.45) is 0 Å². The van der Waals surface area contributed by atoms with Gasteiger partial charge in [-0.05, 0) is 36.6 Å². The number of H-pyrrole nitrogens is 1. The maximum Gasteiger partial charge on any atom is 0.150 e. The van der Waals surface area contributed by atoms with Crippen LogP contribution in [-0.4, -0.2) is 21.5 Å². The summed E-state index contributed by atoms with van der Waals surface area (Å²) in [6, 6.07) is 9.60. The quantitative estimate of drug-likeness (QED) is 0.725. The van der Waals surface area contributed by atoms with E-state index in [2.05, 4.69) is 15.2 Å². The largest absolute Gasteiger partial charge is 0.298 e. The van der Waals surface area contributed by atoms with Gasteiger partial charge in [0, 0.05) is 29.0 Å². The molecule has 1 aromatic carbocycles. The van der Waals surface area contributed by atoms with Crippen LogP contribution >= 0.6 is 0 Å². The number of aromatic nitrogens is 3. The fourth-order valence-corrected chi connectivity index (χ4v) is 2.17. The van der Waals surface area contributed by atoms with E-state index in [0.29, 0.717) is 5.56 Å². The summed E-state index contributed by atoms with van der Waals surface area (Å²) in [7, 11) is 0. The molecule has 0 saturated heterocycles. The van der Waals surface area contributed by atoms with E-state index >= 15 is 0 Å². The Kier molecular flexibility index (Phi) is 3.06. The number of nitrogens with zero attached hydrogens (tertiary/aromatic N) is 2. The van der Waals surface area contributed by atoms with Crippen molar-refractivity contribution >= 4 is 17.2 Å². The number of aryl methyl sites for hydroxylation is 2. The van der Waals surface area contributed by atoms with Gasteiger partial charge in [0.2, 0.25) is 0 Å². The summed E-state index contributed by atoms with van der Waals surface area (Å²) >= 11 is 0. The molecular formula is C15H13N3O. The number of hydrogen-bond acceptors (Lipinski definition) is 3. The van der Waals surface area contributed by atoms with Crippen molar-refractivity contribution in [2.45, 2.75) is 12.8 Å². The van der Waals surface area contributed by atoms with Crippen LogP contribution in [0.1, 0.15) is 21.6 Å². The average Bonchev–Trinajstić information content (AvgIpc) is 2.88. The third-order valence-corrected chi connectivity index (χ3v) is 3.21. The Morgan fingerprint density at radius 1 is 1.11 bits per heavy atom. The van der Waals surface area contributed by atoms with Gasteiger partial charge in [-0.2, -0.15) is 5.10 Å². The van der Waals surface area contributed by atoms with Gasteiger partial charge in [0.1, 0.15) is 6.29 Å². The number of nitrogens with one attached hydrogen (secondary N) is 1. The molecule has 0 aliphatic heterocycles. The molecule has 2 aromatic heterocycles. The number of carbonyl (C=O) groups is 1. The molecule has 3 rings (SSSR count). The van der Waals surface area contributed by atoms with Crippen LogP contribution in [0.15, 0.2) is 42.7 Å². The Hall–Kier alpha value is -2.49. The van der Waals surface area contributed by atoms with E-state index in [1.807, 2.05) is 24.3 Å². The SMILES string of the molecule is O=Cc1ccc2c(CCc3ccncc3)[nH]nc2c1. The molecular weight excluding hydrogens is 238 g/mol. The van der Waals surface area contributed by atoms with E-state index < -0.39 is 0 Å². The van der Waals surface area contributed by atoms with Crippen LogP contribution < -0.4 is 0 Å². The minimum Gasteiger partial charge on any atom is -0.298 e. The number of aldehydes is 1. The molecule has 0 fully saturated rings. The molecule has 4 nitrogen and oxygen atoms in total. The fourth-order valence-electron chi connectivity index (χ4n) is 2.17. The van der Waals surface area contributed by atoms with E-state index in [1.165, 1.54) is 5.56 Å². The lowest BCUT2D eigenvalue weighted by atomic mass is 10.1. The molecule has 0 aliphatic carbocycles. The first-order valence-corrected chi connectivity index (χ1v) is 6.18. The van der Waals surface area contributed by atoms with Gasteiger partial charge in [-0.15, -0.1) is 0 Å². The summed E-state index contributed by atoms with van der Waals surface area (Å²) in [6.07, 6.45) is 6.27. The van der Waals surface area contributed by atoms with Crippen LogP contribution in [0.2, 0.25) is 0 Å². The molecule has 1 N–H and O–H groups in total. The summed E-state index contributed by atoms with van der Waals surface area (Å²) in [4.78, 5) is 14.7. The molecule has 94 valence electrons. The van der Waals surface area contributed by atoms with Crippen LogP contribution in [0, 0.1) is 0 Å². The number of rotatable bonds is 4. The van der Waals surface area contributed by atoms with E-state index in [1.54, 1.807) is 18.5 Å². The highest BCUT2D eigenvalue weighted by atomic mass is 16.1. The van der Waals surface area contributed by atoms with Crippen molar-refractivity contribution in [1.82, 2.24) is 15.2 Å². The monoisotopic (exact) mass is 251 g/mol. The highest BCUT2D eigenvalue weighted by Crippen LogP contribution is 2.18. The molecule has 2 heterocycles. The second-order valence-electron chi connectivity index (χ2n) is 4.45.